The Hall–Kier alpha value is -1.55. The summed E-state index contributed by atoms with van der Waals surface area (Å²) in [6.45, 7) is 9.91. The first-order valence-electron chi connectivity index (χ1n) is 6.71. The predicted octanol–water partition coefficient (Wildman–Crippen LogP) is 3.68. The summed E-state index contributed by atoms with van der Waals surface area (Å²) in [5.41, 5.74) is 2.52. The first-order valence-corrected chi connectivity index (χ1v) is 7.59. The molecule has 2 rings (SSSR count). The molecule has 0 bridgehead atoms. The van der Waals surface area contributed by atoms with Crippen molar-refractivity contribution in [3.63, 3.8) is 0 Å². The number of nitrogens with zero attached hydrogens (tertiary/aromatic N) is 1. The maximum Gasteiger partial charge on any atom is 0.240 e. The molecule has 1 unspecified atom stereocenters. The molecule has 1 aliphatic heterocycles. The van der Waals surface area contributed by atoms with Crippen LogP contribution in [0.4, 0.5) is 5.69 Å². The highest BCUT2D eigenvalue weighted by Crippen LogP contribution is 2.41. The van der Waals surface area contributed by atoms with Crippen molar-refractivity contribution in [3.05, 3.63) is 35.9 Å². The molecule has 0 saturated carbocycles. The van der Waals surface area contributed by atoms with Gasteiger partial charge in [-0.15, -0.1) is 11.8 Å². The summed E-state index contributed by atoms with van der Waals surface area (Å²) in [4.78, 5) is 26.8. The van der Waals surface area contributed by atoms with Gasteiger partial charge in [-0.2, -0.15) is 0 Å². The first kappa shape index (κ1) is 14.9. The smallest absolute Gasteiger partial charge is 0.240 e. The Balaban J connectivity index is 2.47. The number of carbonyl (C=O) groups excluding carboxylic acids is 2. The van der Waals surface area contributed by atoms with Gasteiger partial charge in [-0.1, -0.05) is 19.1 Å². The van der Waals surface area contributed by atoms with Gasteiger partial charge >= 0.3 is 0 Å². The largest absolute Gasteiger partial charge is 0.306 e. The molecule has 0 fully saturated rings. The average molecular weight is 289 g/mol. The number of amides is 1. The van der Waals surface area contributed by atoms with Crippen LogP contribution in [0.15, 0.2) is 35.2 Å². The molecule has 106 valence electrons. The Labute approximate surface area is 124 Å². The summed E-state index contributed by atoms with van der Waals surface area (Å²) in [7, 11) is 0. The fourth-order valence-electron chi connectivity index (χ4n) is 2.24. The second kappa shape index (κ2) is 5.83. The molecule has 0 aliphatic carbocycles. The summed E-state index contributed by atoms with van der Waals surface area (Å²) in [5.74, 6) is 0.174. The Morgan fingerprint density at radius 2 is 2.10 bits per heavy atom. The van der Waals surface area contributed by atoms with Crippen molar-refractivity contribution >= 4 is 29.1 Å². The summed E-state index contributed by atoms with van der Waals surface area (Å²) < 4.78 is 0. The van der Waals surface area contributed by atoms with Gasteiger partial charge in [0.05, 0.1) is 10.9 Å². The van der Waals surface area contributed by atoms with Crippen molar-refractivity contribution in [1.29, 1.82) is 0 Å². The number of ketones is 1. The van der Waals surface area contributed by atoms with Gasteiger partial charge in [0.25, 0.3) is 0 Å². The molecule has 20 heavy (non-hydrogen) atoms. The average Bonchev–Trinajstić information content (AvgIpc) is 2.40. The van der Waals surface area contributed by atoms with Gasteiger partial charge in [0.1, 0.15) is 0 Å². The van der Waals surface area contributed by atoms with Crippen LogP contribution in [0.1, 0.15) is 37.6 Å². The van der Waals surface area contributed by atoms with E-state index in [0.717, 1.165) is 22.6 Å². The normalized spacial score (nSPS) is 17.9. The molecular weight excluding hydrogens is 270 g/mol. The van der Waals surface area contributed by atoms with Crippen LogP contribution in [0.5, 0.6) is 0 Å². The molecule has 3 nitrogen and oxygen atoms in total. The van der Waals surface area contributed by atoms with Crippen LogP contribution in [0.3, 0.4) is 0 Å². The molecule has 1 heterocycles. The van der Waals surface area contributed by atoms with Gasteiger partial charge in [-0.25, -0.2) is 0 Å². The Morgan fingerprint density at radius 3 is 2.65 bits per heavy atom. The van der Waals surface area contributed by atoms with Crippen LogP contribution in [0.25, 0.3) is 0 Å². The number of anilines is 1. The van der Waals surface area contributed by atoms with E-state index in [9.17, 15) is 9.59 Å². The van der Waals surface area contributed by atoms with Crippen molar-refractivity contribution in [2.75, 3.05) is 11.4 Å². The number of thioether (sulfide) groups is 1. The van der Waals surface area contributed by atoms with Crippen molar-refractivity contribution in [3.8, 4) is 0 Å². The number of Topliss-reactive ketones (excluding diaryl/α,β-unsaturated/α-hetero) is 1. The lowest BCUT2D eigenvalue weighted by Gasteiger charge is -2.33. The molecule has 1 amide bonds. The predicted molar refractivity (Wildman–Crippen MR) is 83.5 cm³/mol. The number of hydrogen-bond donors (Lipinski definition) is 0. The van der Waals surface area contributed by atoms with E-state index >= 15 is 0 Å². The van der Waals surface area contributed by atoms with Gasteiger partial charge in [0.2, 0.25) is 5.91 Å². The number of carbonyl (C=O) groups is 2. The highest BCUT2D eigenvalue weighted by atomic mass is 32.2. The second-order valence-electron chi connectivity index (χ2n) is 5.13. The van der Waals surface area contributed by atoms with Crippen molar-refractivity contribution < 1.29 is 9.59 Å². The third kappa shape index (κ3) is 2.80. The van der Waals surface area contributed by atoms with Crippen molar-refractivity contribution in [2.45, 2.75) is 37.3 Å². The Kier molecular flexibility index (Phi) is 4.33. The highest BCUT2D eigenvalue weighted by Gasteiger charge is 2.32. The molecule has 0 saturated heterocycles. The fourth-order valence-corrected chi connectivity index (χ4v) is 3.43. The molecular formula is C16H19NO2S. The van der Waals surface area contributed by atoms with E-state index < -0.39 is 0 Å². The van der Waals surface area contributed by atoms with Crippen LogP contribution < -0.4 is 4.90 Å². The molecule has 1 aliphatic rings. The van der Waals surface area contributed by atoms with Gasteiger partial charge in [0.15, 0.2) is 5.78 Å². The van der Waals surface area contributed by atoms with Crippen LogP contribution in [-0.4, -0.2) is 23.5 Å². The zero-order valence-corrected chi connectivity index (χ0v) is 12.9. The van der Waals surface area contributed by atoms with E-state index in [4.69, 9.17) is 0 Å². The number of fused-ring (bicyclic) bond motifs is 1. The SMILES string of the molecule is C=C(C)CN1C(=O)C(CC)Sc2cc(C(C)=O)ccc21. The lowest BCUT2D eigenvalue weighted by atomic mass is 10.1. The van der Waals surface area contributed by atoms with E-state index in [1.165, 1.54) is 0 Å². The summed E-state index contributed by atoms with van der Waals surface area (Å²) in [5, 5.41) is -0.0796. The van der Waals surface area contributed by atoms with Crippen molar-refractivity contribution in [1.82, 2.24) is 0 Å². The summed E-state index contributed by atoms with van der Waals surface area (Å²) >= 11 is 1.55. The maximum absolute atomic E-state index is 12.5. The summed E-state index contributed by atoms with van der Waals surface area (Å²) in [6, 6.07) is 5.54. The third-order valence-electron chi connectivity index (χ3n) is 3.27. The molecule has 4 heteroatoms. The Morgan fingerprint density at radius 1 is 1.40 bits per heavy atom. The van der Waals surface area contributed by atoms with Crippen LogP contribution in [0, 0.1) is 0 Å². The lowest BCUT2D eigenvalue weighted by Crippen LogP contribution is -2.41. The van der Waals surface area contributed by atoms with Gasteiger partial charge in [-0.05, 0) is 38.5 Å². The third-order valence-corrected chi connectivity index (χ3v) is 4.67. The topological polar surface area (TPSA) is 37.4 Å². The Bertz CT molecular complexity index is 580. The zero-order chi connectivity index (χ0) is 14.9. The molecule has 0 radical (unpaired) electrons. The fraction of sp³-hybridized carbons (Fsp3) is 0.375. The zero-order valence-electron chi connectivity index (χ0n) is 12.1. The molecule has 1 aromatic rings. The number of benzene rings is 1. The van der Waals surface area contributed by atoms with Crippen molar-refractivity contribution in [2.24, 2.45) is 0 Å². The highest BCUT2D eigenvalue weighted by molar-refractivity contribution is 8.01. The minimum absolute atomic E-state index is 0.0461. The van der Waals surface area contributed by atoms with Crippen LogP contribution >= 0.6 is 11.8 Å². The quantitative estimate of drug-likeness (QED) is 0.627. The van der Waals surface area contributed by atoms with E-state index in [1.807, 2.05) is 26.0 Å². The molecule has 1 atom stereocenters. The van der Waals surface area contributed by atoms with E-state index in [0.29, 0.717) is 12.1 Å². The molecule has 0 aromatic heterocycles. The standard InChI is InChI=1S/C16H19NO2S/c1-5-14-16(19)17(9-10(2)3)13-7-6-12(11(4)18)8-15(13)20-14/h6-8,14H,2,5,9H2,1,3-4H3. The minimum atomic E-state index is -0.0796. The first-order chi connectivity index (χ1) is 9.43. The van der Waals surface area contributed by atoms with Gasteiger partial charge < -0.3 is 4.90 Å². The van der Waals surface area contributed by atoms with Crippen LogP contribution in [0.2, 0.25) is 0 Å². The second-order valence-corrected chi connectivity index (χ2v) is 6.38. The van der Waals surface area contributed by atoms with Gasteiger partial charge in [0, 0.05) is 17.0 Å². The minimum Gasteiger partial charge on any atom is -0.306 e. The van der Waals surface area contributed by atoms with Crippen LogP contribution in [-0.2, 0) is 4.79 Å². The molecule has 0 N–H and O–H groups in total. The molecule has 0 spiro atoms. The number of rotatable bonds is 4. The lowest BCUT2D eigenvalue weighted by molar-refractivity contribution is -0.118. The monoisotopic (exact) mass is 289 g/mol. The van der Waals surface area contributed by atoms with E-state index in [2.05, 4.69) is 6.58 Å². The maximum atomic E-state index is 12.5. The van der Waals surface area contributed by atoms with E-state index in [-0.39, 0.29) is 16.9 Å². The van der Waals surface area contributed by atoms with Gasteiger partial charge in [-0.3, -0.25) is 9.59 Å². The summed E-state index contributed by atoms with van der Waals surface area (Å²) in [6.07, 6.45) is 0.778. The van der Waals surface area contributed by atoms with E-state index in [1.54, 1.807) is 29.7 Å². The number of hydrogen-bond acceptors (Lipinski definition) is 3. The molecule has 1 aromatic carbocycles.